The highest BCUT2D eigenvalue weighted by molar-refractivity contribution is 5.05. The van der Waals surface area contributed by atoms with Gasteiger partial charge in [0, 0.05) is 18.8 Å². The Morgan fingerprint density at radius 2 is 2.06 bits per heavy atom. The minimum absolute atomic E-state index is 0.0283. The highest BCUT2D eigenvalue weighted by atomic mass is 19.3. The molecule has 0 radical (unpaired) electrons. The van der Waals surface area contributed by atoms with Crippen molar-refractivity contribution < 1.29 is 13.9 Å². The molecule has 0 aliphatic heterocycles. The van der Waals surface area contributed by atoms with Crippen molar-refractivity contribution in [3.05, 3.63) is 24.5 Å². The largest absolute Gasteiger partial charge is 0.512 e. The summed E-state index contributed by atoms with van der Waals surface area (Å²) in [6.07, 6.45) is 6.23. The molecule has 1 unspecified atom stereocenters. The fourth-order valence-electron chi connectivity index (χ4n) is 2.31. The van der Waals surface area contributed by atoms with Crippen molar-refractivity contribution in [3.63, 3.8) is 0 Å². The van der Waals surface area contributed by atoms with E-state index in [0.717, 1.165) is 12.8 Å². The zero-order chi connectivity index (χ0) is 12.9. The predicted molar refractivity (Wildman–Crippen MR) is 66.2 cm³/mol. The average molecular weight is 244 g/mol. The summed E-state index contributed by atoms with van der Waals surface area (Å²) in [4.78, 5) is 0. The Kier molecular flexibility index (Phi) is 5.16. The van der Waals surface area contributed by atoms with Crippen LogP contribution in [-0.4, -0.2) is 11.0 Å². The zero-order valence-corrected chi connectivity index (χ0v) is 10.5. The summed E-state index contributed by atoms with van der Waals surface area (Å²) < 4.78 is 25.9. The third-order valence-electron chi connectivity index (χ3n) is 3.64. The summed E-state index contributed by atoms with van der Waals surface area (Å²) in [6, 6.07) is 0. The maximum Gasteiger partial charge on any atom is 0.248 e. The Morgan fingerprint density at radius 3 is 2.59 bits per heavy atom. The van der Waals surface area contributed by atoms with E-state index in [4.69, 9.17) is 0 Å². The fourth-order valence-corrected chi connectivity index (χ4v) is 2.31. The van der Waals surface area contributed by atoms with Gasteiger partial charge in [0.25, 0.3) is 0 Å². The Balaban J connectivity index is 2.28. The van der Waals surface area contributed by atoms with Gasteiger partial charge in [0.15, 0.2) is 0 Å². The highest BCUT2D eigenvalue weighted by Gasteiger charge is 2.34. The zero-order valence-electron chi connectivity index (χ0n) is 10.5. The Morgan fingerprint density at radius 1 is 1.47 bits per heavy atom. The van der Waals surface area contributed by atoms with E-state index < -0.39 is 5.92 Å². The molecule has 98 valence electrons. The van der Waals surface area contributed by atoms with Crippen LogP contribution in [0.3, 0.4) is 0 Å². The first-order chi connectivity index (χ1) is 7.94. The highest BCUT2D eigenvalue weighted by Crippen LogP contribution is 2.38. The van der Waals surface area contributed by atoms with E-state index in [1.54, 1.807) is 12.2 Å². The fraction of sp³-hybridized carbons (Fsp3) is 0.714. The van der Waals surface area contributed by atoms with Gasteiger partial charge < -0.3 is 5.11 Å². The van der Waals surface area contributed by atoms with Gasteiger partial charge in [-0.15, -0.1) is 0 Å². The number of halogens is 2. The molecule has 0 aromatic carbocycles. The molecule has 1 aliphatic carbocycles. The molecule has 1 fully saturated rings. The first-order valence-corrected chi connectivity index (χ1v) is 6.34. The van der Waals surface area contributed by atoms with Crippen LogP contribution in [0.4, 0.5) is 8.78 Å². The van der Waals surface area contributed by atoms with E-state index in [0.29, 0.717) is 24.5 Å². The van der Waals surface area contributed by atoms with E-state index in [-0.39, 0.29) is 18.8 Å². The van der Waals surface area contributed by atoms with Crippen LogP contribution >= 0.6 is 0 Å². The van der Waals surface area contributed by atoms with Gasteiger partial charge in [-0.1, -0.05) is 19.6 Å². The van der Waals surface area contributed by atoms with Gasteiger partial charge in [-0.05, 0) is 37.7 Å². The lowest BCUT2D eigenvalue weighted by Crippen LogP contribution is -2.24. The molecule has 0 aromatic heterocycles. The van der Waals surface area contributed by atoms with Crippen LogP contribution in [0.5, 0.6) is 0 Å². The van der Waals surface area contributed by atoms with Crippen molar-refractivity contribution in [2.45, 2.75) is 51.4 Å². The van der Waals surface area contributed by atoms with Crippen molar-refractivity contribution in [2.24, 2.45) is 11.8 Å². The van der Waals surface area contributed by atoms with E-state index in [2.05, 4.69) is 6.58 Å². The van der Waals surface area contributed by atoms with Gasteiger partial charge in [-0.2, -0.15) is 0 Å². The van der Waals surface area contributed by atoms with Gasteiger partial charge >= 0.3 is 0 Å². The number of alkyl halides is 2. The quantitative estimate of drug-likeness (QED) is 0.541. The van der Waals surface area contributed by atoms with E-state index in [9.17, 15) is 13.9 Å². The molecule has 1 saturated carbocycles. The van der Waals surface area contributed by atoms with Crippen LogP contribution in [0.15, 0.2) is 24.5 Å². The first-order valence-electron chi connectivity index (χ1n) is 6.34. The Bertz CT molecular complexity index is 274. The average Bonchev–Trinajstić information content (AvgIpc) is 2.27. The lowest BCUT2D eigenvalue weighted by atomic mass is 9.82. The minimum atomic E-state index is -2.44. The second-order valence-corrected chi connectivity index (χ2v) is 5.10. The van der Waals surface area contributed by atoms with Crippen LogP contribution in [0, 0.1) is 11.8 Å². The molecule has 3 heteroatoms. The maximum absolute atomic E-state index is 12.9. The molecule has 1 atom stereocenters. The van der Waals surface area contributed by atoms with Crippen molar-refractivity contribution >= 4 is 0 Å². The Hall–Kier alpha value is -0.860. The molecule has 0 amide bonds. The van der Waals surface area contributed by atoms with E-state index in [1.165, 1.54) is 0 Å². The maximum atomic E-state index is 12.9. The van der Waals surface area contributed by atoms with Gasteiger partial charge in [-0.3, -0.25) is 0 Å². The van der Waals surface area contributed by atoms with Crippen LogP contribution in [0.2, 0.25) is 0 Å². The molecule has 0 bridgehead atoms. The SMILES string of the molecule is C=C/C=C(/O)C(C)CCC1CCC(F)(F)CC1. The molecule has 17 heavy (non-hydrogen) atoms. The number of hydrogen-bond acceptors (Lipinski definition) is 1. The first kappa shape index (κ1) is 14.2. The Labute approximate surface area is 102 Å². The van der Waals surface area contributed by atoms with Crippen molar-refractivity contribution in [1.82, 2.24) is 0 Å². The van der Waals surface area contributed by atoms with Crippen molar-refractivity contribution in [3.8, 4) is 0 Å². The van der Waals surface area contributed by atoms with E-state index >= 15 is 0 Å². The molecule has 1 N–H and O–H groups in total. The van der Waals surface area contributed by atoms with Gasteiger partial charge in [-0.25, -0.2) is 8.78 Å². The third kappa shape index (κ3) is 4.88. The molecule has 0 spiro atoms. The third-order valence-corrected chi connectivity index (χ3v) is 3.64. The molecule has 0 aromatic rings. The number of aliphatic hydroxyl groups excluding tert-OH is 1. The van der Waals surface area contributed by atoms with Gasteiger partial charge in [0.2, 0.25) is 5.92 Å². The van der Waals surface area contributed by atoms with Gasteiger partial charge in [0.1, 0.15) is 0 Å². The summed E-state index contributed by atoms with van der Waals surface area (Å²) in [7, 11) is 0. The summed E-state index contributed by atoms with van der Waals surface area (Å²) in [5, 5.41) is 9.60. The molecule has 1 nitrogen and oxygen atoms in total. The second-order valence-electron chi connectivity index (χ2n) is 5.10. The lowest BCUT2D eigenvalue weighted by Gasteiger charge is -2.28. The summed E-state index contributed by atoms with van der Waals surface area (Å²) >= 11 is 0. The smallest absolute Gasteiger partial charge is 0.248 e. The minimum Gasteiger partial charge on any atom is -0.512 e. The summed E-state index contributed by atoms with van der Waals surface area (Å²) in [5.74, 6) is -1.61. The standard InChI is InChI=1S/C14H22F2O/c1-3-4-13(17)11(2)5-6-12-7-9-14(15,16)10-8-12/h3-4,11-12,17H,1,5-10H2,2H3/b13-4+. The number of rotatable bonds is 5. The van der Waals surface area contributed by atoms with Gasteiger partial charge in [0.05, 0.1) is 5.76 Å². The number of hydrogen-bond donors (Lipinski definition) is 1. The normalized spacial score (nSPS) is 23.4. The molecule has 1 aliphatic rings. The molecule has 0 heterocycles. The molecule has 1 rings (SSSR count). The molecular formula is C14H22F2O. The summed E-state index contributed by atoms with van der Waals surface area (Å²) in [5.41, 5.74) is 0. The number of aliphatic hydroxyl groups is 1. The summed E-state index contributed by atoms with van der Waals surface area (Å²) in [6.45, 7) is 5.48. The predicted octanol–water partition coefficient (Wildman–Crippen LogP) is 4.86. The van der Waals surface area contributed by atoms with Crippen molar-refractivity contribution in [1.29, 1.82) is 0 Å². The monoisotopic (exact) mass is 244 g/mol. The van der Waals surface area contributed by atoms with Crippen LogP contribution < -0.4 is 0 Å². The van der Waals surface area contributed by atoms with Crippen molar-refractivity contribution in [2.75, 3.05) is 0 Å². The van der Waals surface area contributed by atoms with Crippen LogP contribution in [-0.2, 0) is 0 Å². The lowest BCUT2D eigenvalue weighted by molar-refractivity contribution is -0.0469. The van der Waals surface area contributed by atoms with Crippen LogP contribution in [0.1, 0.15) is 45.4 Å². The number of allylic oxidation sites excluding steroid dienone is 3. The topological polar surface area (TPSA) is 20.2 Å². The second kappa shape index (κ2) is 6.18. The van der Waals surface area contributed by atoms with E-state index in [1.807, 2.05) is 6.92 Å². The van der Waals surface area contributed by atoms with Crippen LogP contribution in [0.25, 0.3) is 0 Å². The molecular weight excluding hydrogens is 222 g/mol. The molecule has 0 saturated heterocycles.